The summed E-state index contributed by atoms with van der Waals surface area (Å²) in [7, 11) is 0. The number of aliphatic carboxylic acids is 1. The monoisotopic (exact) mass is 403 g/mol. The van der Waals surface area contributed by atoms with E-state index in [1.165, 1.54) is 0 Å². The molecule has 1 heterocycles. The fraction of sp³-hybridized carbons (Fsp3) is 0.278. The van der Waals surface area contributed by atoms with E-state index in [0.717, 1.165) is 11.8 Å². The van der Waals surface area contributed by atoms with Gasteiger partial charge in [-0.15, -0.1) is 0 Å². The zero-order chi connectivity index (χ0) is 20.7. The molecular formula is C18H19N4O5S-. The van der Waals surface area contributed by atoms with Crippen LogP contribution in [0.25, 0.3) is 0 Å². The summed E-state index contributed by atoms with van der Waals surface area (Å²) in [5.41, 5.74) is -0.640. The molecule has 10 heteroatoms. The fourth-order valence-corrected chi connectivity index (χ4v) is 2.97. The highest BCUT2D eigenvalue weighted by Gasteiger charge is 2.19. The molecule has 2 aromatic rings. The summed E-state index contributed by atoms with van der Waals surface area (Å²) < 4.78 is 0. The van der Waals surface area contributed by atoms with Crippen molar-refractivity contribution in [1.29, 1.82) is 0 Å². The number of amides is 2. The number of carbonyl (C=O) groups excluding carboxylic acids is 3. The maximum absolute atomic E-state index is 12.5. The van der Waals surface area contributed by atoms with Crippen LogP contribution >= 0.6 is 11.8 Å². The number of carboxylic acids is 1. The first-order valence-electron chi connectivity index (χ1n) is 8.53. The molecule has 1 atom stereocenters. The van der Waals surface area contributed by atoms with Crippen LogP contribution in [0.5, 0.6) is 0 Å². The van der Waals surface area contributed by atoms with Gasteiger partial charge in [0.1, 0.15) is 0 Å². The van der Waals surface area contributed by atoms with Crippen molar-refractivity contribution in [2.75, 3.05) is 10.6 Å². The molecule has 0 spiro atoms. The SMILES string of the molecule is CCC(=O)Nc1nc(S[C@H](CC)C(=O)[O-])[nH]c(=O)c1NC(=O)c1ccccc1. The summed E-state index contributed by atoms with van der Waals surface area (Å²) in [6.45, 7) is 3.27. The Bertz CT molecular complexity index is 929. The number of rotatable bonds is 8. The second kappa shape index (κ2) is 9.70. The maximum atomic E-state index is 12.5. The molecule has 0 unspecified atom stereocenters. The molecule has 0 aliphatic carbocycles. The Hall–Kier alpha value is -3.14. The van der Waals surface area contributed by atoms with Crippen LogP contribution in [0.1, 0.15) is 37.0 Å². The quantitative estimate of drug-likeness (QED) is 0.440. The van der Waals surface area contributed by atoms with Crippen molar-refractivity contribution in [3.05, 3.63) is 46.2 Å². The molecule has 148 valence electrons. The van der Waals surface area contributed by atoms with Gasteiger partial charge in [-0.2, -0.15) is 0 Å². The Balaban J connectivity index is 2.40. The molecule has 28 heavy (non-hydrogen) atoms. The first-order valence-corrected chi connectivity index (χ1v) is 9.41. The van der Waals surface area contributed by atoms with Crippen molar-refractivity contribution in [2.24, 2.45) is 0 Å². The van der Waals surface area contributed by atoms with Crippen LogP contribution in [-0.4, -0.2) is 33.0 Å². The first kappa shape index (κ1) is 21.2. The third kappa shape index (κ3) is 5.43. The first-order chi connectivity index (χ1) is 13.3. The molecule has 9 nitrogen and oxygen atoms in total. The summed E-state index contributed by atoms with van der Waals surface area (Å²) in [6.07, 6.45) is 0.375. The number of anilines is 2. The van der Waals surface area contributed by atoms with Crippen molar-refractivity contribution in [3.63, 3.8) is 0 Å². The van der Waals surface area contributed by atoms with Gasteiger partial charge in [0.25, 0.3) is 11.5 Å². The molecule has 2 amide bonds. The van der Waals surface area contributed by atoms with E-state index in [2.05, 4.69) is 20.6 Å². The fourth-order valence-electron chi connectivity index (χ4n) is 2.14. The lowest BCUT2D eigenvalue weighted by Gasteiger charge is -2.16. The van der Waals surface area contributed by atoms with Crippen LogP contribution < -0.4 is 21.3 Å². The van der Waals surface area contributed by atoms with Crippen molar-refractivity contribution in [1.82, 2.24) is 9.97 Å². The number of hydrogen-bond donors (Lipinski definition) is 3. The molecule has 0 aliphatic rings. The third-order valence-corrected chi connectivity index (χ3v) is 4.87. The molecule has 0 saturated heterocycles. The van der Waals surface area contributed by atoms with Crippen molar-refractivity contribution in [2.45, 2.75) is 37.1 Å². The summed E-state index contributed by atoms with van der Waals surface area (Å²) >= 11 is 0.791. The maximum Gasteiger partial charge on any atom is 0.277 e. The van der Waals surface area contributed by atoms with E-state index in [1.807, 2.05) is 0 Å². The van der Waals surface area contributed by atoms with Gasteiger partial charge in [-0.3, -0.25) is 19.4 Å². The average molecular weight is 403 g/mol. The highest BCUT2D eigenvalue weighted by atomic mass is 32.2. The topological polar surface area (TPSA) is 144 Å². The summed E-state index contributed by atoms with van der Waals surface area (Å²) in [5.74, 6) is -2.43. The molecule has 1 aromatic heterocycles. The van der Waals surface area contributed by atoms with E-state index in [9.17, 15) is 24.3 Å². The Kier molecular flexibility index (Phi) is 7.33. The lowest BCUT2D eigenvalue weighted by molar-refractivity contribution is -0.304. The van der Waals surface area contributed by atoms with Crippen LogP contribution in [0.2, 0.25) is 0 Å². The second-order valence-electron chi connectivity index (χ2n) is 5.65. The highest BCUT2D eigenvalue weighted by molar-refractivity contribution is 8.00. The molecule has 3 N–H and O–H groups in total. The van der Waals surface area contributed by atoms with Gasteiger partial charge in [0.2, 0.25) is 5.91 Å². The van der Waals surface area contributed by atoms with Crippen LogP contribution in [0, 0.1) is 0 Å². The van der Waals surface area contributed by atoms with E-state index in [4.69, 9.17) is 0 Å². The van der Waals surface area contributed by atoms with Gasteiger partial charge in [-0.25, -0.2) is 4.98 Å². The Morgan fingerprint density at radius 1 is 1.18 bits per heavy atom. The van der Waals surface area contributed by atoms with Crippen LogP contribution in [0.3, 0.4) is 0 Å². The molecule has 0 radical (unpaired) electrons. The minimum absolute atomic E-state index is 0.00911. The number of hydrogen-bond acceptors (Lipinski definition) is 7. The number of carboxylic acid groups (broad SMARTS) is 1. The summed E-state index contributed by atoms with van der Waals surface area (Å²) in [4.78, 5) is 54.3. The molecule has 2 rings (SSSR count). The van der Waals surface area contributed by atoms with Gasteiger partial charge in [0.15, 0.2) is 16.7 Å². The van der Waals surface area contributed by atoms with Crippen LogP contribution in [0.15, 0.2) is 40.3 Å². The van der Waals surface area contributed by atoms with Gasteiger partial charge in [0.05, 0.1) is 11.2 Å². The zero-order valence-electron chi connectivity index (χ0n) is 15.3. The predicted molar refractivity (Wildman–Crippen MR) is 103 cm³/mol. The number of benzene rings is 1. The summed E-state index contributed by atoms with van der Waals surface area (Å²) in [6, 6.07) is 8.21. The second-order valence-corrected chi connectivity index (χ2v) is 6.84. The smallest absolute Gasteiger partial charge is 0.277 e. The Labute approximate surface area is 165 Å². The number of nitrogens with one attached hydrogen (secondary N) is 3. The predicted octanol–water partition coefficient (Wildman–Crippen LogP) is 0.991. The van der Waals surface area contributed by atoms with Crippen LogP contribution in [-0.2, 0) is 9.59 Å². The largest absolute Gasteiger partial charge is 0.549 e. The van der Waals surface area contributed by atoms with Gasteiger partial charge >= 0.3 is 0 Å². The lowest BCUT2D eigenvalue weighted by atomic mass is 10.2. The van der Waals surface area contributed by atoms with E-state index < -0.39 is 28.6 Å². The standard InChI is InChI=1S/C18H20N4O5S/c1-3-11(17(26)27)28-18-21-14(19-12(23)4-2)13(16(25)22-18)20-15(24)10-8-6-5-7-9-10/h5-9,11H,3-4H2,1-2H3,(H,20,24)(H,26,27)(H2,19,21,22,23,25)/p-1/t11-/m1/s1. The van der Waals surface area contributed by atoms with Crippen molar-refractivity contribution in [3.8, 4) is 0 Å². The van der Waals surface area contributed by atoms with Gasteiger partial charge in [-0.05, 0) is 18.6 Å². The molecule has 0 saturated carbocycles. The molecular weight excluding hydrogens is 384 g/mol. The molecule has 0 fully saturated rings. The summed E-state index contributed by atoms with van der Waals surface area (Å²) in [5, 5.41) is 15.1. The van der Waals surface area contributed by atoms with E-state index in [-0.39, 0.29) is 29.5 Å². The molecule has 0 bridgehead atoms. The number of aromatic nitrogens is 2. The number of thioether (sulfide) groups is 1. The van der Waals surface area contributed by atoms with E-state index in [1.54, 1.807) is 44.2 Å². The average Bonchev–Trinajstić information content (AvgIpc) is 2.68. The number of carbonyl (C=O) groups is 3. The third-order valence-electron chi connectivity index (χ3n) is 3.64. The Morgan fingerprint density at radius 2 is 1.86 bits per heavy atom. The normalized spacial score (nSPS) is 11.5. The van der Waals surface area contributed by atoms with Gasteiger partial charge in [-0.1, -0.05) is 43.8 Å². The van der Waals surface area contributed by atoms with Gasteiger partial charge < -0.3 is 20.5 Å². The zero-order valence-corrected chi connectivity index (χ0v) is 16.1. The van der Waals surface area contributed by atoms with Crippen molar-refractivity contribution >= 4 is 41.1 Å². The number of nitrogens with zero attached hydrogens (tertiary/aromatic N) is 1. The number of H-pyrrole nitrogens is 1. The Morgan fingerprint density at radius 3 is 2.43 bits per heavy atom. The number of aromatic amines is 1. The minimum Gasteiger partial charge on any atom is -0.549 e. The molecule has 0 aliphatic heterocycles. The highest BCUT2D eigenvalue weighted by Crippen LogP contribution is 2.24. The minimum atomic E-state index is -1.30. The van der Waals surface area contributed by atoms with E-state index in [0.29, 0.717) is 5.56 Å². The van der Waals surface area contributed by atoms with Gasteiger partial charge in [0, 0.05) is 12.0 Å². The van der Waals surface area contributed by atoms with Crippen molar-refractivity contribution < 1.29 is 19.5 Å². The lowest BCUT2D eigenvalue weighted by Crippen LogP contribution is -2.33. The van der Waals surface area contributed by atoms with Crippen LogP contribution in [0.4, 0.5) is 11.5 Å². The molecule has 1 aromatic carbocycles. The van der Waals surface area contributed by atoms with E-state index >= 15 is 0 Å².